The fourth-order valence-electron chi connectivity index (χ4n) is 1.01. The molecule has 1 aromatic rings. The van der Waals surface area contributed by atoms with Gasteiger partial charge < -0.3 is 9.88 Å². The topological polar surface area (TPSA) is 34.0 Å². The van der Waals surface area contributed by atoms with Gasteiger partial charge >= 0.3 is 0 Å². The number of rotatable bonds is 3. The number of halogens is 2. The molecule has 1 heterocycles. The third kappa shape index (κ3) is 2.55. The Balaban J connectivity index is 2.78. The number of nitrogens with one attached hydrogen (secondary N) is 1. The SMILES string of the molecule is CC(Nc1ccc(=O)n(C)c1)C(F)F. The van der Waals surface area contributed by atoms with Crippen LogP contribution in [0.1, 0.15) is 6.92 Å². The number of alkyl halides is 2. The average Bonchev–Trinajstić information content (AvgIpc) is 2.11. The van der Waals surface area contributed by atoms with Crippen molar-refractivity contribution in [3.63, 3.8) is 0 Å². The second kappa shape index (κ2) is 4.21. The first-order chi connectivity index (χ1) is 6.50. The monoisotopic (exact) mass is 202 g/mol. The third-order valence-corrected chi connectivity index (χ3v) is 1.86. The molecule has 5 heteroatoms. The van der Waals surface area contributed by atoms with Gasteiger partial charge in [-0.05, 0) is 13.0 Å². The molecule has 0 aliphatic carbocycles. The van der Waals surface area contributed by atoms with Crippen molar-refractivity contribution in [1.82, 2.24) is 4.57 Å². The number of hydrogen-bond donors (Lipinski definition) is 1. The van der Waals surface area contributed by atoms with E-state index in [1.807, 2.05) is 0 Å². The molecule has 0 saturated heterocycles. The Hall–Kier alpha value is -1.39. The molecule has 14 heavy (non-hydrogen) atoms. The van der Waals surface area contributed by atoms with Crippen LogP contribution >= 0.6 is 0 Å². The smallest absolute Gasteiger partial charge is 0.258 e. The van der Waals surface area contributed by atoms with Gasteiger partial charge in [0.25, 0.3) is 6.43 Å². The highest BCUT2D eigenvalue weighted by Crippen LogP contribution is 2.09. The van der Waals surface area contributed by atoms with Crippen LogP contribution in [0, 0.1) is 0 Å². The van der Waals surface area contributed by atoms with Crippen LogP contribution in [-0.4, -0.2) is 17.0 Å². The minimum atomic E-state index is -2.42. The molecule has 0 aliphatic rings. The molecule has 1 atom stereocenters. The van der Waals surface area contributed by atoms with Gasteiger partial charge in [0.1, 0.15) is 0 Å². The van der Waals surface area contributed by atoms with E-state index in [0.29, 0.717) is 5.69 Å². The van der Waals surface area contributed by atoms with Crippen molar-refractivity contribution >= 4 is 5.69 Å². The van der Waals surface area contributed by atoms with Crippen LogP contribution in [0.25, 0.3) is 0 Å². The van der Waals surface area contributed by atoms with Gasteiger partial charge in [0.05, 0.1) is 11.7 Å². The molecule has 0 spiro atoms. The van der Waals surface area contributed by atoms with Crippen LogP contribution in [0.4, 0.5) is 14.5 Å². The fraction of sp³-hybridized carbons (Fsp3) is 0.444. The maximum absolute atomic E-state index is 12.2. The van der Waals surface area contributed by atoms with E-state index in [0.717, 1.165) is 0 Å². The summed E-state index contributed by atoms with van der Waals surface area (Å²) in [5, 5.41) is 2.60. The van der Waals surface area contributed by atoms with Crippen molar-refractivity contribution in [1.29, 1.82) is 0 Å². The van der Waals surface area contributed by atoms with Crippen LogP contribution in [0.15, 0.2) is 23.1 Å². The summed E-state index contributed by atoms with van der Waals surface area (Å²) in [5.74, 6) is 0. The summed E-state index contributed by atoms with van der Waals surface area (Å²) >= 11 is 0. The summed E-state index contributed by atoms with van der Waals surface area (Å²) < 4.78 is 25.7. The third-order valence-electron chi connectivity index (χ3n) is 1.86. The predicted octanol–water partition coefficient (Wildman–Crippen LogP) is 1.45. The van der Waals surface area contributed by atoms with Gasteiger partial charge in [-0.3, -0.25) is 4.79 Å². The Kier molecular flexibility index (Phi) is 3.22. The highest BCUT2D eigenvalue weighted by molar-refractivity contribution is 5.41. The lowest BCUT2D eigenvalue weighted by molar-refractivity contribution is 0.130. The quantitative estimate of drug-likeness (QED) is 0.804. The highest BCUT2D eigenvalue weighted by atomic mass is 19.3. The van der Waals surface area contributed by atoms with E-state index >= 15 is 0 Å². The zero-order chi connectivity index (χ0) is 10.7. The Morgan fingerprint density at radius 3 is 2.57 bits per heavy atom. The van der Waals surface area contributed by atoms with E-state index in [1.165, 1.54) is 29.8 Å². The first-order valence-electron chi connectivity index (χ1n) is 4.22. The summed E-state index contributed by atoms with van der Waals surface area (Å²) in [4.78, 5) is 11.0. The molecule has 0 saturated carbocycles. The van der Waals surface area contributed by atoms with Gasteiger partial charge in [0.15, 0.2) is 0 Å². The lowest BCUT2D eigenvalue weighted by Gasteiger charge is -2.14. The molecule has 0 aliphatic heterocycles. The highest BCUT2D eigenvalue weighted by Gasteiger charge is 2.13. The molecule has 0 bridgehead atoms. The second-order valence-electron chi connectivity index (χ2n) is 3.13. The minimum absolute atomic E-state index is 0.166. The van der Waals surface area contributed by atoms with Crippen molar-refractivity contribution in [2.45, 2.75) is 19.4 Å². The Morgan fingerprint density at radius 2 is 2.07 bits per heavy atom. The van der Waals surface area contributed by atoms with Gasteiger partial charge in [-0.15, -0.1) is 0 Å². The van der Waals surface area contributed by atoms with E-state index in [2.05, 4.69) is 5.32 Å². The van der Waals surface area contributed by atoms with Crippen molar-refractivity contribution in [3.8, 4) is 0 Å². The minimum Gasteiger partial charge on any atom is -0.376 e. The Labute approximate surface area is 80.4 Å². The molecule has 3 nitrogen and oxygen atoms in total. The summed E-state index contributed by atoms with van der Waals surface area (Å²) in [7, 11) is 1.57. The first kappa shape index (κ1) is 10.7. The number of aromatic nitrogens is 1. The molecule has 1 rings (SSSR count). The van der Waals surface area contributed by atoms with Crippen molar-refractivity contribution in [2.24, 2.45) is 7.05 Å². The average molecular weight is 202 g/mol. The van der Waals surface area contributed by atoms with Crippen molar-refractivity contribution < 1.29 is 8.78 Å². The van der Waals surface area contributed by atoms with E-state index < -0.39 is 12.5 Å². The standard InChI is InChI=1S/C9H12F2N2O/c1-6(9(10)11)12-7-3-4-8(14)13(2)5-7/h3-6,9,12H,1-2H3. The molecule has 1 aromatic heterocycles. The maximum atomic E-state index is 12.2. The van der Waals surface area contributed by atoms with Crippen LogP contribution in [-0.2, 0) is 7.05 Å². The molecule has 1 unspecified atom stereocenters. The molecule has 0 aromatic carbocycles. The second-order valence-corrected chi connectivity index (χ2v) is 3.13. The summed E-state index contributed by atoms with van der Waals surface area (Å²) in [6, 6.07) is 1.90. The number of aryl methyl sites for hydroxylation is 1. The number of hydrogen-bond acceptors (Lipinski definition) is 2. The number of nitrogens with zero attached hydrogens (tertiary/aromatic N) is 1. The van der Waals surface area contributed by atoms with Crippen molar-refractivity contribution in [3.05, 3.63) is 28.7 Å². The zero-order valence-electron chi connectivity index (χ0n) is 8.00. The van der Waals surface area contributed by atoms with Gasteiger partial charge in [-0.25, -0.2) is 8.78 Å². The molecular weight excluding hydrogens is 190 g/mol. The normalized spacial score (nSPS) is 12.9. The molecule has 0 amide bonds. The van der Waals surface area contributed by atoms with Gasteiger partial charge in [-0.2, -0.15) is 0 Å². The van der Waals surface area contributed by atoms with E-state index in [9.17, 15) is 13.6 Å². The van der Waals surface area contributed by atoms with Crippen LogP contribution in [0.3, 0.4) is 0 Å². The Morgan fingerprint density at radius 1 is 1.43 bits per heavy atom. The van der Waals surface area contributed by atoms with E-state index in [1.54, 1.807) is 7.05 Å². The fourth-order valence-corrected chi connectivity index (χ4v) is 1.01. The Bertz CT molecular complexity index is 362. The maximum Gasteiger partial charge on any atom is 0.258 e. The van der Waals surface area contributed by atoms with E-state index in [4.69, 9.17) is 0 Å². The van der Waals surface area contributed by atoms with Gasteiger partial charge in [0, 0.05) is 19.3 Å². The van der Waals surface area contributed by atoms with Crippen LogP contribution in [0.2, 0.25) is 0 Å². The lowest BCUT2D eigenvalue weighted by Crippen LogP contribution is -2.25. The van der Waals surface area contributed by atoms with Crippen LogP contribution in [0.5, 0.6) is 0 Å². The largest absolute Gasteiger partial charge is 0.376 e. The number of pyridine rings is 1. The summed E-state index contributed by atoms with van der Waals surface area (Å²) in [6.07, 6.45) is -0.937. The first-order valence-corrected chi connectivity index (χ1v) is 4.22. The van der Waals surface area contributed by atoms with Gasteiger partial charge in [0.2, 0.25) is 5.56 Å². The lowest BCUT2D eigenvalue weighted by atomic mass is 10.3. The molecule has 0 radical (unpaired) electrons. The van der Waals surface area contributed by atoms with Crippen molar-refractivity contribution in [2.75, 3.05) is 5.32 Å². The van der Waals surface area contributed by atoms with E-state index in [-0.39, 0.29) is 5.56 Å². The summed E-state index contributed by atoms with van der Waals surface area (Å²) in [5.41, 5.74) is 0.347. The van der Waals surface area contributed by atoms with Gasteiger partial charge in [-0.1, -0.05) is 0 Å². The zero-order valence-corrected chi connectivity index (χ0v) is 8.00. The molecule has 1 N–H and O–H groups in total. The number of anilines is 1. The summed E-state index contributed by atoms with van der Waals surface area (Å²) in [6.45, 7) is 1.38. The molecular formula is C9H12F2N2O. The molecule has 0 fully saturated rings. The predicted molar refractivity (Wildman–Crippen MR) is 50.8 cm³/mol. The molecule has 78 valence electrons. The van der Waals surface area contributed by atoms with Crippen LogP contribution < -0.4 is 10.9 Å².